The van der Waals surface area contributed by atoms with Gasteiger partial charge in [-0.05, 0) is 45.7 Å². The van der Waals surface area contributed by atoms with E-state index in [1.165, 1.54) is 12.1 Å². The quantitative estimate of drug-likeness (QED) is 0.834. The van der Waals surface area contributed by atoms with E-state index in [-0.39, 0.29) is 21.1 Å². The van der Waals surface area contributed by atoms with Crippen molar-refractivity contribution < 1.29 is 18.0 Å². The van der Waals surface area contributed by atoms with Gasteiger partial charge in [0.1, 0.15) is 11.6 Å². The molecule has 0 saturated carbocycles. The summed E-state index contributed by atoms with van der Waals surface area (Å²) in [6.07, 6.45) is 0. The van der Waals surface area contributed by atoms with E-state index in [0.717, 1.165) is 12.1 Å². The molecule has 0 aliphatic heterocycles. The van der Waals surface area contributed by atoms with Crippen molar-refractivity contribution in [3.8, 4) is 0 Å². The number of furan rings is 1. The van der Waals surface area contributed by atoms with Crippen molar-refractivity contribution in [1.82, 2.24) is 0 Å². The van der Waals surface area contributed by atoms with Crippen molar-refractivity contribution in [2.24, 2.45) is 0 Å². The lowest BCUT2D eigenvalue weighted by Crippen LogP contribution is -2.12. The van der Waals surface area contributed by atoms with E-state index in [4.69, 9.17) is 16.0 Å². The summed E-state index contributed by atoms with van der Waals surface area (Å²) in [6, 6.07) is 4.47. The molecule has 18 heavy (non-hydrogen) atoms. The number of amides is 1. The molecule has 0 aliphatic rings. The zero-order valence-electron chi connectivity index (χ0n) is 8.64. The molecule has 0 aliphatic carbocycles. The summed E-state index contributed by atoms with van der Waals surface area (Å²) in [5.74, 6) is -2.27. The van der Waals surface area contributed by atoms with Crippen LogP contribution in [-0.4, -0.2) is 5.91 Å². The van der Waals surface area contributed by atoms with Crippen LogP contribution >= 0.6 is 27.5 Å². The van der Waals surface area contributed by atoms with Crippen LogP contribution < -0.4 is 5.32 Å². The fraction of sp³-hybridized carbons (Fsp3) is 0. The van der Waals surface area contributed by atoms with Crippen LogP contribution in [0.25, 0.3) is 0 Å². The van der Waals surface area contributed by atoms with Crippen LogP contribution in [0.2, 0.25) is 5.22 Å². The minimum Gasteiger partial charge on any atom is -0.440 e. The average Bonchev–Trinajstić information content (AvgIpc) is 2.73. The van der Waals surface area contributed by atoms with Gasteiger partial charge in [0.25, 0.3) is 5.91 Å². The third-order valence-electron chi connectivity index (χ3n) is 2.06. The van der Waals surface area contributed by atoms with Crippen molar-refractivity contribution >= 4 is 39.1 Å². The molecule has 0 fully saturated rings. The van der Waals surface area contributed by atoms with Crippen molar-refractivity contribution in [2.75, 3.05) is 5.32 Å². The summed E-state index contributed by atoms with van der Waals surface area (Å²) in [5, 5.41) is 2.21. The van der Waals surface area contributed by atoms with E-state index in [1.54, 1.807) is 0 Å². The number of anilines is 1. The van der Waals surface area contributed by atoms with Crippen LogP contribution in [0.4, 0.5) is 14.5 Å². The molecule has 0 bridgehead atoms. The van der Waals surface area contributed by atoms with Gasteiger partial charge in [0.05, 0.1) is 10.2 Å². The average molecular weight is 337 g/mol. The summed E-state index contributed by atoms with van der Waals surface area (Å²) in [7, 11) is 0. The Labute approximate surface area is 114 Å². The monoisotopic (exact) mass is 335 g/mol. The van der Waals surface area contributed by atoms with Crippen LogP contribution in [0.3, 0.4) is 0 Å². The first-order valence-electron chi connectivity index (χ1n) is 4.68. The molecule has 2 aromatic rings. The Morgan fingerprint density at radius 1 is 1.28 bits per heavy atom. The number of carbonyl (C=O) groups is 1. The Hall–Kier alpha value is -1.40. The fourth-order valence-electron chi connectivity index (χ4n) is 1.24. The Morgan fingerprint density at radius 3 is 2.61 bits per heavy atom. The van der Waals surface area contributed by atoms with Gasteiger partial charge in [-0.1, -0.05) is 0 Å². The molecular formula is C11H5BrClF2NO2. The number of hydrogen-bond donors (Lipinski definition) is 1. The van der Waals surface area contributed by atoms with E-state index in [9.17, 15) is 13.6 Å². The van der Waals surface area contributed by atoms with Gasteiger partial charge in [-0.25, -0.2) is 8.78 Å². The maximum absolute atomic E-state index is 13.4. The lowest BCUT2D eigenvalue weighted by molar-refractivity contribution is 0.0996. The fourth-order valence-corrected chi connectivity index (χ4v) is 1.70. The van der Waals surface area contributed by atoms with Crippen LogP contribution in [0.1, 0.15) is 10.6 Å². The first kappa shape index (κ1) is 13.0. The topological polar surface area (TPSA) is 42.2 Å². The first-order chi connectivity index (χ1) is 8.47. The van der Waals surface area contributed by atoms with Crippen LogP contribution in [-0.2, 0) is 0 Å². The molecule has 0 radical (unpaired) electrons. The maximum atomic E-state index is 13.4. The number of nitrogens with one attached hydrogen (secondary N) is 1. The van der Waals surface area contributed by atoms with Gasteiger partial charge < -0.3 is 9.73 Å². The zero-order valence-corrected chi connectivity index (χ0v) is 11.0. The highest BCUT2D eigenvalue weighted by Gasteiger charge is 2.15. The van der Waals surface area contributed by atoms with Crippen molar-refractivity contribution in [1.29, 1.82) is 0 Å². The smallest absolute Gasteiger partial charge is 0.291 e. The van der Waals surface area contributed by atoms with Gasteiger partial charge in [0, 0.05) is 6.07 Å². The molecule has 1 aromatic carbocycles. The molecule has 3 nitrogen and oxygen atoms in total. The van der Waals surface area contributed by atoms with E-state index in [0.29, 0.717) is 0 Å². The highest BCUT2D eigenvalue weighted by Crippen LogP contribution is 2.24. The first-order valence-corrected chi connectivity index (χ1v) is 5.85. The molecule has 1 aromatic heterocycles. The molecule has 2 rings (SSSR count). The van der Waals surface area contributed by atoms with Crippen LogP contribution in [0.5, 0.6) is 0 Å². The largest absolute Gasteiger partial charge is 0.440 e. The second-order valence-electron chi connectivity index (χ2n) is 3.30. The molecule has 0 saturated heterocycles. The molecule has 0 unspecified atom stereocenters. The molecular weight excluding hydrogens is 331 g/mol. The number of halogens is 4. The van der Waals surface area contributed by atoms with Crippen molar-refractivity contribution in [3.63, 3.8) is 0 Å². The summed E-state index contributed by atoms with van der Waals surface area (Å²) in [5.41, 5.74) is -0.284. The van der Waals surface area contributed by atoms with E-state index >= 15 is 0 Å². The standard InChI is InChI=1S/C11H5BrClF2NO2/c12-5-3-7(15)8(4-6(5)14)16-11(17)9-1-2-10(13)18-9/h1-4H,(H,16,17). The van der Waals surface area contributed by atoms with Gasteiger partial charge in [-0.2, -0.15) is 0 Å². The predicted molar refractivity (Wildman–Crippen MR) is 65.7 cm³/mol. The molecule has 1 N–H and O–H groups in total. The number of carbonyl (C=O) groups excluding carboxylic acids is 1. The normalized spacial score (nSPS) is 10.4. The van der Waals surface area contributed by atoms with Crippen LogP contribution in [0, 0.1) is 11.6 Å². The summed E-state index contributed by atoms with van der Waals surface area (Å²) >= 11 is 8.33. The van der Waals surface area contributed by atoms with E-state index in [1.807, 2.05) is 0 Å². The summed E-state index contributed by atoms with van der Waals surface area (Å²) in [6.45, 7) is 0. The predicted octanol–water partition coefficient (Wildman–Crippen LogP) is 4.23. The number of benzene rings is 1. The highest BCUT2D eigenvalue weighted by atomic mass is 79.9. The maximum Gasteiger partial charge on any atom is 0.291 e. The van der Waals surface area contributed by atoms with Gasteiger partial charge in [-0.3, -0.25) is 4.79 Å². The Bertz CT molecular complexity index is 615. The number of rotatable bonds is 2. The molecule has 94 valence electrons. The van der Waals surface area contributed by atoms with E-state index in [2.05, 4.69) is 21.2 Å². The zero-order chi connectivity index (χ0) is 13.3. The summed E-state index contributed by atoms with van der Waals surface area (Å²) in [4.78, 5) is 11.6. The highest BCUT2D eigenvalue weighted by molar-refractivity contribution is 9.10. The minimum atomic E-state index is -0.769. The second-order valence-corrected chi connectivity index (χ2v) is 4.53. The van der Waals surface area contributed by atoms with Gasteiger partial charge >= 0.3 is 0 Å². The molecule has 0 atom stereocenters. The summed E-state index contributed by atoms with van der Waals surface area (Å²) < 4.78 is 31.5. The number of hydrogen-bond acceptors (Lipinski definition) is 2. The Kier molecular flexibility index (Phi) is 3.68. The lowest BCUT2D eigenvalue weighted by Gasteiger charge is -2.05. The molecule has 1 amide bonds. The van der Waals surface area contributed by atoms with Gasteiger partial charge in [-0.15, -0.1) is 0 Å². The SMILES string of the molecule is O=C(Nc1cc(F)c(Br)cc1F)c1ccc(Cl)o1. The van der Waals surface area contributed by atoms with Crippen molar-refractivity contribution in [3.05, 3.63) is 51.4 Å². The van der Waals surface area contributed by atoms with E-state index < -0.39 is 17.5 Å². The molecule has 0 spiro atoms. The van der Waals surface area contributed by atoms with Gasteiger partial charge in [0.2, 0.25) is 0 Å². The molecule has 1 heterocycles. The third kappa shape index (κ3) is 2.70. The molecule has 7 heteroatoms. The third-order valence-corrected chi connectivity index (χ3v) is 2.87. The lowest BCUT2D eigenvalue weighted by atomic mass is 10.3. The van der Waals surface area contributed by atoms with Crippen LogP contribution in [0.15, 0.2) is 33.2 Å². The Morgan fingerprint density at radius 2 is 2.00 bits per heavy atom. The Balaban J connectivity index is 2.24. The van der Waals surface area contributed by atoms with Crippen molar-refractivity contribution in [2.45, 2.75) is 0 Å². The van der Waals surface area contributed by atoms with Gasteiger partial charge in [0.15, 0.2) is 11.0 Å². The second kappa shape index (κ2) is 5.07. The minimum absolute atomic E-state index is 0.0287.